The number of rotatable bonds is 5. The van der Waals surface area contributed by atoms with E-state index < -0.39 is 5.54 Å². The van der Waals surface area contributed by atoms with Gasteiger partial charge in [0.15, 0.2) is 0 Å². The average molecular weight is 248 g/mol. The highest BCUT2D eigenvalue weighted by Crippen LogP contribution is 2.25. The Morgan fingerprint density at radius 2 is 2.17 bits per heavy atom. The molecule has 4 nitrogen and oxygen atoms in total. The summed E-state index contributed by atoms with van der Waals surface area (Å²) in [5.74, 6) is 0.621. The number of nitrogens with two attached hydrogens (primary N) is 1. The van der Waals surface area contributed by atoms with Crippen LogP contribution in [0.15, 0.2) is 24.3 Å². The number of primary amides is 1. The van der Waals surface area contributed by atoms with E-state index in [-0.39, 0.29) is 5.91 Å². The Balaban J connectivity index is 1.99. The summed E-state index contributed by atoms with van der Waals surface area (Å²) in [7, 11) is 1.65. The van der Waals surface area contributed by atoms with Gasteiger partial charge in [-0.3, -0.25) is 4.79 Å². The van der Waals surface area contributed by atoms with Crippen molar-refractivity contribution in [3.8, 4) is 5.75 Å². The second-order valence-electron chi connectivity index (χ2n) is 4.82. The summed E-state index contributed by atoms with van der Waals surface area (Å²) in [5, 5.41) is 3.26. The van der Waals surface area contributed by atoms with Gasteiger partial charge in [-0.25, -0.2) is 0 Å². The van der Waals surface area contributed by atoms with Gasteiger partial charge in [0.2, 0.25) is 5.91 Å². The molecule has 1 aliphatic heterocycles. The number of hydrogen-bond donors (Lipinski definition) is 2. The van der Waals surface area contributed by atoms with Crippen molar-refractivity contribution in [2.24, 2.45) is 5.73 Å². The van der Waals surface area contributed by atoms with E-state index in [1.165, 1.54) is 5.56 Å². The molecular weight excluding hydrogens is 228 g/mol. The summed E-state index contributed by atoms with van der Waals surface area (Å²) in [5.41, 5.74) is 6.22. The van der Waals surface area contributed by atoms with Crippen LogP contribution < -0.4 is 15.8 Å². The van der Waals surface area contributed by atoms with Crippen molar-refractivity contribution in [1.29, 1.82) is 0 Å². The fourth-order valence-electron chi connectivity index (χ4n) is 2.50. The highest BCUT2D eigenvalue weighted by molar-refractivity contribution is 5.85. The number of ether oxygens (including phenoxy) is 1. The summed E-state index contributed by atoms with van der Waals surface area (Å²) < 4.78 is 5.12. The molecule has 1 aromatic rings. The number of nitrogens with one attached hydrogen (secondary N) is 1. The van der Waals surface area contributed by atoms with Gasteiger partial charge in [0, 0.05) is 0 Å². The van der Waals surface area contributed by atoms with Gasteiger partial charge in [-0.1, -0.05) is 12.1 Å². The molecule has 0 saturated carbocycles. The van der Waals surface area contributed by atoms with Crippen LogP contribution >= 0.6 is 0 Å². The zero-order valence-electron chi connectivity index (χ0n) is 10.7. The zero-order valence-corrected chi connectivity index (χ0v) is 10.7. The lowest BCUT2D eigenvalue weighted by Gasteiger charge is -2.25. The Kier molecular flexibility index (Phi) is 3.87. The van der Waals surface area contributed by atoms with Crippen LogP contribution in [0.4, 0.5) is 0 Å². The maximum atomic E-state index is 11.6. The molecule has 1 fully saturated rings. The Morgan fingerprint density at radius 1 is 1.44 bits per heavy atom. The van der Waals surface area contributed by atoms with Crippen LogP contribution in [-0.2, 0) is 11.2 Å². The molecule has 0 bridgehead atoms. The number of methoxy groups -OCH3 is 1. The second kappa shape index (κ2) is 5.40. The SMILES string of the molecule is COc1ccc(CCC2(C(N)=O)CCCN2)cc1. The third-order valence-electron chi connectivity index (χ3n) is 3.71. The third-order valence-corrected chi connectivity index (χ3v) is 3.71. The van der Waals surface area contributed by atoms with Crippen molar-refractivity contribution < 1.29 is 9.53 Å². The molecule has 1 atom stereocenters. The summed E-state index contributed by atoms with van der Waals surface area (Å²) in [6.45, 7) is 0.881. The highest BCUT2D eigenvalue weighted by atomic mass is 16.5. The average Bonchev–Trinajstić information content (AvgIpc) is 2.87. The number of hydrogen-bond acceptors (Lipinski definition) is 3. The van der Waals surface area contributed by atoms with Crippen molar-refractivity contribution in [3.05, 3.63) is 29.8 Å². The molecule has 1 heterocycles. The van der Waals surface area contributed by atoms with Crippen molar-refractivity contribution in [3.63, 3.8) is 0 Å². The van der Waals surface area contributed by atoms with Gasteiger partial charge in [0.05, 0.1) is 12.6 Å². The molecule has 1 aromatic carbocycles. The fraction of sp³-hybridized carbons (Fsp3) is 0.500. The first-order chi connectivity index (χ1) is 8.66. The number of aryl methyl sites for hydroxylation is 1. The normalized spacial score (nSPS) is 22.9. The molecule has 1 unspecified atom stereocenters. The first-order valence-electron chi connectivity index (χ1n) is 6.34. The lowest BCUT2D eigenvalue weighted by Crippen LogP contribution is -2.51. The minimum absolute atomic E-state index is 0.228. The molecule has 0 spiro atoms. The van der Waals surface area contributed by atoms with Gasteiger partial charge < -0.3 is 15.8 Å². The quantitative estimate of drug-likeness (QED) is 0.824. The molecule has 0 aliphatic carbocycles. The van der Waals surface area contributed by atoms with E-state index in [0.29, 0.717) is 0 Å². The predicted molar refractivity (Wildman–Crippen MR) is 70.5 cm³/mol. The van der Waals surface area contributed by atoms with Gasteiger partial charge in [0.1, 0.15) is 5.75 Å². The molecule has 98 valence electrons. The van der Waals surface area contributed by atoms with Crippen LogP contribution in [0.2, 0.25) is 0 Å². The molecule has 0 aromatic heterocycles. The summed E-state index contributed by atoms with van der Waals surface area (Å²) in [4.78, 5) is 11.6. The Labute approximate surface area is 108 Å². The maximum Gasteiger partial charge on any atom is 0.237 e. The molecule has 1 amide bonds. The van der Waals surface area contributed by atoms with Crippen LogP contribution in [0, 0.1) is 0 Å². The van der Waals surface area contributed by atoms with Crippen LogP contribution in [0.1, 0.15) is 24.8 Å². The monoisotopic (exact) mass is 248 g/mol. The Bertz CT molecular complexity index is 408. The summed E-state index contributed by atoms with van der Waals surface area (Å²) in [6.07, 6.45) is 3.47. The molecular formula is C14H20N2O2. The molecule has 18 heavy (non-hydrogen) atoms. The smallest absolute Gasteiger partial charge is 0.237 e. The molecule has 2 rings (SSSR count). The number of carbonyl (C=O) groups excluding carboxylic acids is 1. The fourth-order valence-corrected chi connectivity index (χ4v) is 2.50. The van der Waals surface area contributed by atoms with Crippen LogP contribution in [0.25, 0.3) is 0 Å². The van der Waals surface area contributed by atoms with E-state index in [1.807, 2.05) is 24.3 Å². The van der Waals surface area contributed by atoms with Crippen LogP contribution in [-0.4, -0.2) is 25.1 Å². The van der Waals surface area contributed by atoms with Crippen molar-refractivity contribution in [1.82, 2.24) is 5.32 Å². The molecule has 0 radical (unpaired) electrons. The second-order valence-corrected chi connectivity index (χ2v) is 4.82. The number of benzene rings is 1. The van der Waals surface area contributed by atoms with Gasteiger partial charge >= 0.3 is 0 Å². The minimum Gasteiger partial charge on any atom is -0.497 e. The first kappa shape index (κ1) is 12.9. The van der Waals surface area contributed by atoms with Gasteiger partial charge in [-0.15, -0.1) is 0 Å². The van der Waals surface area contributed by atoms with Gasteiger partial charge in [-0.05, 0) is 49.9 Å². The molecule has 1 saturated heterocycles. The van der Waals surface area contributed by atoms with Crippen LogP contribution in [0.3, 0.4) is 0 Å². The molecule has 1 aliphatic rings. The van der Waals surface area contributed by atoms with Gasteiger partial charge in [-0.2, -0.15) is 0 Å². The first-order valence-corrected chi connectivity index (χ1v) is 6.34. The summed E-state index contributed by atoms with van der Waals surface area (Å²) >= 11 is 0. The van der Waals surface area contributed by atoms with E-state index in [1.54, 1.807) is 7.11 Å². The largest absolute Gasteiger partial charge is 0.497 e. The zero-order chi connectivity index (χ0) is 13.0. The van der Waals surface area contributed by atoms with E-state index in [4.69, 9.17) is 10.5 Å². The number of carbonyl (C=O) groups is 1. The van der Waals surface area contributed by atoms with E-state index in [9.17, 15) is 4.79 Å². The lowest BCUT2D eigenvalue weighted by atomic mass is 9.89. The van der Waals surface area contributed by atoms with E-state index >= 15 is 0 Å². The van der Waals surface area contributed by atoms with Gasteiger partial charge in [0.25, 0.3) is 0 Å². The maximum absolute atomic E-state index is 11.6. The Hall–Kier alpha value is -1.55. The molecule has 3 N–H and O–H groups in total. The van der Waals surface area contributed by atoms with Crippen LogP contribution in [0.5, 0.6) is 5.75 Å². The van der Waals surface area contributed by atoms with Crippen molar-refractivity contribution in [2.45, 2.75) is 31.2 Å². The number of amides is 1. The Morgan fingerprint density at radius 3 is 2.67 bits per heavy atom. The van der Waals surface area contributed by atoms with E-state index in [2.05, 4.69) is 5.32 Å². The topological polar surface area (TPSA) is 64.3 Å². The minimum atomic E-state index is -0.500. The standard InChI is InChI=1S/C14H20N2O2/c1-18-12-5-3-11(4-6-12)7-9-14(13(15)17)8-2-10-16-14/h3-6,16H,2,7-10H2,1H3,(H2,15,17). The summed E-state index contributed by atoms with van der Waals surface area (Å²) in [6, 6.07) is 7.94. The van der Waals surface area contributed by atoms with E-state index in [0.717, 1.165) is 38.0 Å². The van der Waals surface area contributed by atoms with Crippen molar-refractivity contribution >= 4 is 5.91 Å². The van der Waals surface area contributed by atoms with Crippen molar-refractivity contribution in [2.75, 3.05) is 13.7 Å². The lowest BCUT2D eigenvalue weighted by molar-refractivity contribution is -0.124. The highest BCUT2D eigenvalue weighted by Gasteiger charge is 2.38. The third kappa shape index (κ3) is 2.64. The predicted octanol–water partition coefficient (Wildman–Crippen LogP) is 1.24. The molecule has 4 heteroatoms.